The number of hydrogen-bond acceptors (Lipinski definition) is 7. The maximum absolute atomic E-state index is 13.5. The average Bonchev–Trinajstić information content (AvgIpc) is 3.16. The Bertz CT molecular complexity index is 774. The molecule has 0 bridgehead atoms. The first-order chi connectivity index (χ1) is 12.5. The first kappa shape index (κ1) is 17.9. The van der Waals surface area contributed by atoms with Crippen molar-refractivity contribution in [2.45, 2.75) is 12.5 Å². The summed E-state index contributed by atoms with van der Waals surface area (Å²) in [6.07, 6.45) is 3.31. The van der Waals surface area contributed by atoms with Gasteiger partial charge in [0, 0.05) is 25.7 Å². The van der Waals surface area contributed by atoms with Crippen LogP contribution in [0.4, 0.5) is 18.9 Å². The number of aromatic nitrogens is 4. The van der Waals surface area contributed by atoms with Gasteiger partial charge < -0.3 is 9.47 Å². The molecule has 11 heteroatoms. The number of rotatable bonds is 6. The number of halogens is 3. The Kier molecular flexibility index (Phi) is 5.16. The molecule has 0 aliphatic carbocycles. The fourth-order valence-corrected chi connectivity index (χ4v) is 2.31. The lowest BCUT2D eigenvalue weighted by atomic mass is 10.2. The van der Waals surface area contributed by atoms with Crippen LogP contribution in [0.25, 0.3) is 0 Å². The van der Waals surface area contributed by atoms with Crippen LogP contribution in [0.15, 0.2) is 47.9 Å². The summed E-state index contributed by atoms with van der Waals surface area (Å²) >= 11 is 0. The van der Waals surface area contributed by atoms with E-state index < -0.39 is 18.2 Å². The number of alkyl halides is 3. The van der Waals surface area contributed by atoms with E-state index in [2.05, 4.69) is 19.9 Å². The van der Waals surface area contributed by atoms with Crippen LogP contribution in [-0.4, -0.2) is 52.2 Å². The third kappa shape index (κ3) is 3.82. The molecule has 1 atom stereocenters. The van der Waals surface area contributed by atoms with E-state index in [9.17, 15) is 13.2 Å². The minimum absolute atomic E-state index is 0.0445. The Balaban J connectivity index is 1.91. The molecular weight excluding hydrogens is 353 g/mol. The molecule has 0 amide bonds. The number of imidazole rings is 1. The summed E-state index contributed by atoms with van der Waals surface area (Å²) in [5.74, 6) is 0. The van der Waals surface area contributed by atoms with Gasteiger partial charge in [0.05, 0.1) is 31.0 Å². The highest BCUT2D eigenvalue weighted by Crippen LogP contribution is 2.38. The molecule has 2 aromatic rings. The van der Waals surface area contributed by atoms with E-state index >= 15 is 0 Å². The highest BCUT2D eigenvalue weighted by Gasteiger charge is 2.42. The van der Waals surface area contributed by atoms with Gasteiger partial charge in [-0.05, 0) is 6.08 Å². The summed E-state index contributed by atoms with van der Waals surface area (Å²) in [5, 5.41) is 0. The second-order valence-corrected chi connectivity index (χ2v) is 5.14. The van der Waals surface area contributed by atoms with Crippen molar-refractivity contribution < 1.29 is 22.6 Å². The molecule has 1 unspecified atom stereocenters. The topological polar surface area (TPSA) is 77.7 Å². The van der Waals surface area contributed by atoms with Crippen molar-refractivity contribution in [2.24, 2.45) is 4.99 Å². The van der Waals surface area contributed by atoms with Crippen molar-refractivity contribution in [3.63, 3.8) is 0 Å². The Morgan fingerprint density at radius 1 is 1.19 bits per heavy atom. The summed E-state index contributed by atoms with van der Waals surface area (Å²) < 4.78 is 52.0. The number of hydrogen-bond donors (Lipinski definition) is 0. The predicted octanol–water partition coefficient (Wildman–Crippen LogP) is 2.19. The largest absolute Gasteiger partial charge is 0.461 e. The first-order valence-corrected chi connectivity index (χ1v) is 7.52. The smallest absolute Gasteiger partial charge is 0.431 e. The van der Waals surface area contributed by atoms with E-state index in [1.807, 2.05) is 0 Å². The zero-order chi connectivity index (χ0) is 18.6. The zero-order valence-electron chi connectivity index (χ0n) is 13.7. The number of anilines is 1. The molecule has 26 heavy (non-hydrogen) atoms. The molecule has 0 saturated carbocycles. The molecule has 0 aromatic carbocycles. The summed E-state index contributed by atoms with van der Waals surface area (Å²) in [6.45, 7) is 0.574. The number of allylic oxidation sites excluding steroid dienone is 2. The van der Waals surface area contributed by atoms with E-state index in [0.717, 1.165) is 17.2 Å². The molecule has 0 N–H and O–H groups in total. The van der Waals surface area contributed by atoms with Gasteiger partial charge in [0.2, 0.25) is 6.29 Å². The van der Waals surface area contributed by atoms with E-state index in [0.29, 0.717) is 6.61 Å². The zero-order valence-corrected chi connectivity index (χ0v) is 13.7. The lowest BCUT2D eigenvalue weighted by Gasteiger charge is -2.35. The molecule has 8 nitrogen and oxygen atoms in total. The minimum Gasteiger partial charge on any atom is -0.461 e. The second-order valence-electron chi connectivity index (χ2n) is 5.14. The molecule has 0 fully saturated rings. The van der Waals surface area contributed by atoms with Gasteiger partial charge in [-0.25, -0.2) is 19.9 Å². The number of nitrogens with zero attached hydrogens (tertiary/aromatic N) is 6. The van der Waals surface area contributed by atoms with Crippen LogP contribution in [0.2, 0.25) is 0 Å². The van der Waals surface area contributed by atoms with Crippen LogP contribution in [0, 0.1) is 0 Å². The van der Waals surface area contributed by atoms with Crippen molar-refractivity contribution in [1.82, 2.24) is 19.5 Å². The molecule has 0 spiro atoms. The van der Waals surface area contributed by atoms with Crippen molar-refractivity contribution in [3.05, 3.63) is 42.9 Å². The van der Waals surface area contributed by atoms with Crippen molar-refractivity contribution in [2.75, 3.05) is 25.2 Å². The predicted molar refractivity (Wildman–Crippen MR) is 85.8 cm³/mol. The van der Waals surface area contributed by atoms with Crippen LogP contribution in [0.5, 0.6) is 6.01 Å². The van der Waals surface area contributed by atoms with Gasteiger partial charge in [-0.3, -0.25) is 9.47 Å². The number of methoxy groups -OCH3 is 1. The summed E-state index contributed by atoms with van der Waals surface area (Å²) in [6, 6.07) is 0.0445. The van der Waals surface area contributed by atoms with Gasteiger partial charge in [-0.2, -0.15) is 13.2 Å². The van der Waals surface area contributed by atoms with E-state index in [-0.39, 0.29) is 18.3 Å². The summed E-state index contributed by atoms with van der Waals surface area (Å²) in [4.78, 5) is 16.9. The Hall–Kier alpha value is -2.95. The van der Waals surface area contributed by atoms with E-state index in [1.165, 1.54) is 42.8 Å². The van der Waals surface area contributed by atoms with Crippen LogP contribution in [0.1, 0.15) is 6.29 Å². The molecule has 2 aromatic heterocycles. The summed E-state index contributed by atoms with van der Waals surface area (Å²) in [7, 11) is 1.52. The van der Waals surface area contributed by atoms with Crippen molar-refractivity contribution in [3.8, 4) is 6.01 Å². The highest BCUT2D eigenvalue weighted by atomic mass is 19.4. The quantitative estimate of drug-likeness (QED) is 0.728. The standard InChI is InChI=1S/C15H15F3N6O2/c1-25-6-7-26-13-21-8-11(9-22-13)24-12(15(16,17)18)2-3-20-14(24)23-5-4-19-10-23/h2-5,8-10,14H,6-7H2,1H3. The molecule has 0 radical (unpaired) electrons. The maximum atomic E-state index is 13.5. The van der Waals surface area contributed by atoms with Crippen LogP contribution in [-0.2, 0) is 4.74 Å². The SMILES string of the molecule is COCCOc1ncc(N2C(C(F)(F)F)=CC=NC2n2ccnc2)cn1. The average molecular weight is 368 g/mol. The molecular formula is C15H15F3N6O2. The Labute approximate surface area is 146 Å². The van der Waals surface area contributed by atoms with E-state index in [4.69, 9.17) is 9.47 Å². The van der Waals surface area contributed by atoms with Gasteiger partial charge in [0.15, 0.2) is 0 Å². The van der Waals surface area contributed by atoms with Crippen LogP contribution < -0.4 is 9.64 Å². The maximum Gasteiger partial charge on any atom is 0.431 e. The molecule has 138 valence electrons. The monoisotopic (exact) mass is 368 g/mol. The summed E-state index contributed by atoms with van der Waals surface area (Å²) in [5.41, 5.74) is -0.772. The molecule has 0 saturated heterocycles. The number of ether oxygens (including phenoxy) is 2. The normalized spacial score (nSPS) is 17.3. The second kappa shape index (κ2) is 7.52. The molecule has 3 heterocycles. The Morgan fingerprint density at radius 2 is 1.96 bits per heavy atom. The lowest BCUT2D eigenvalue weighted by molar-refractivity contribution is -0.0947. The van der Waals surface area contributed by atoms with Crippen LogP contribution in [0.3, 0.4) is 0 Å². The highest BCUT2D eigenvalue weighted by molar-refractivity contribution is 5.77. The first-order valence-electron chi connectivity index (χ1n) is 7.52. The fraction of sp³-hybridized carbons (Fsp3) is 0.333. The van der Waals surface area contributed by atoms with Gasteiger partial charge in [0.1, 0.15) is 12.3 Å². The Morgan fingerprint density at radius 3 is 2.58 bits per heavy atom. The molecule has 3 rings (SSSR count). The van der Waals surface area contributed by atoms with Crippen molar-refractivity contribution in [1.29, 1.82) is 0 Å². The fourth-order valence-electron chi connectivity index (χ4n) is 2.31. The minimum atomic E-state index is -4.58. The van der Waals surface area contributed by atoms with E-state index in [1.54, 1.807) is 0 Å². The lowest BCUT2D eigenvalue weighted by Crippen LogP contribution is -2.38. The van der Waals surface area contributed by atoms with Gasteiger partial charge in [0.25, 0.3) is 0 Å². The van der Waals surface area contributed by atoms with Crippen molar-refractivity contribution >= 4 is 11.9 Å². The number of aliphatic imine (C=N–C) groups is 1. The molecule has 1 aliphatic rings. The van der Waals surface area contributed by atoms with Crippen LogP contribution >= 0.6 is 0 Å². The van der Waals surface area contributed by atoms with Gasteiger partial charge >= 0.3 is 12.2 Å². The third-order valence-electron chi connectivity index (χ3n) is 3.44. The van der Waals surface area contributed by atoms with Gasteiger partial charge in [-0.15, -0.1) is 0 Å². The third-order valence-corrected chi connectivity index (χ3v) is 3.44. The molecule has 1 aliphatic heterocycles. The van der Waals surface area contributed by atoms with Gasteiger partial charge in [-0.1, -0.05) is 0 Å².